The zero-order chi connectivity index (χ0) is 17.1. The van der Waals surface area contributed by atoms with E-state index in [1.54, 1.807) is 12.1 Å². The van der Waals surface area contributed by atoms with Crippen molar-refractivity contribution in [2.24, 2.45) is 0 Å². The number of morpholine rings is 1. The minimum atomic E-state index is -0.413. The van der Waals surface area contributed by atoms with Crippen LogP contribution >= 0.6 is 23.2 Å². The topological polar surface area (TPSA) is 41.6 Å². The Kier molecular flexibility index (Phi) is 6.17. The van der Waals surface area contributed by atoms with E-state index >= 15 is 0 Å². The van der Waals surface area contributed by atoms with Crippen molar-refractivity contribution in [3.63, 3.8) is 0 Å². The van der Waals surface area contributed by atoms with Crippen LogP contribution in [-0.4, -0.2) is 55.6 Å². The number of hydrogen-bond acceptors (Lipinski definition) is 4. The van der Waals surface area contributed by atoms with Crippen molar-refractivity contribution >= 4 is 29.0 Å². The summed E-state index contributed by atoms with van der Waals surface area (Å²) in [6.07, 6.45) is 2.07. The highest BCUT2D eigenvalue weighted by atomic mass is 35.5. The van der Waals surface area contributed by atoms with E-state index in [4.69, 9.17) is 27.9 Å². The molecule has 24 heavy (non-hydrogen) atoms. The molecular formula is C18H24Cl2N2O2. The summed E-state index contributed by atoms with van der Waals surface area (Å²) in [4.78, 5) is 15.4. The Bertz CT molecular complexity index is 590. The molecule has 1 aromatic carbocycles. The van der Waals surface area contributed by atoms with Gasteiger partial charge in [-0.3, -0.25) is 4.79 Å². The van der Waals surface area contributed by atoms with Gasteiger partial charge in [-0.15, -0.1) is 0 Å². The first-order valence-electron chi connectivity index (χ1n) is 8.62. The van der Waals surface area contributed by atoms with Gasteiger partial charge in [0.05, 0.1) is 22.7 Å². The Morgan fingerprint density at radius 3 is 2.79 bits per heavy atom. The summed E-state index contributed by atoms with van der Waals surface area (Å²) in [5, 5.41) is 4.45. The molecule has 0 amide bonds. The van der Waals surface area contributed by atoms with Crippen LogP contribution in [0, 0.1) is 0 Å². The fourth-order valence-corrected chi connectivity index (χ4v) is 3.84. The summed E-state index contributed by atoms with van der Waals surface area (Å²) in [5.74, 6) is -0.171. The Hall–Kier alpha value is -0.650. The van der Waals surface area contributed by atoms with Crippen LogP contribution < -0.4 is 5.32 Å². The molecule has 1 aromatic rings. The molecule has 3 rings (SSSR count). The Balaban J connectivity index is 1.71. The number of carbonyl (C=O) groups excluding carboxylic acids is 1. The van der Waals surface area contributed by atoms with Crippen molar-refractivity contribution in [1.82, 2.24) is 10.2 Å². The summed E-state index contributed by atoms with van der Waals surface area (Å²) in [6, 6.07) is 5.43. The van der Waals surface area contributed by atoms with Crippen molar-refractivity contribution in [2.75, 3.05) is 32.8 Å². The van der Waals surface area contributed by atoms with Gasteiger partial charge in [-0.25, -0.2) is 0 Å². The molecule has 2 aliphatic rings. The standard InChI is InChI=1S/C18H24Cl2N2O2/c1-12(13-4-5-14(19)15(20)10-13)17(23)18-16(21-6-9-24-18)11-22-7-2-3-8-22/h4-5,10,12,16,18,21H,2-3,6-9,11H2,1H3. The lowest BCUT2D eigenvalue weighted by molar-refractivity contribution is -0.136. The molecule has 0 radical (unpaired) electrons. The van der Waals surface area contributed by atoms with Gasteiger partial charge in [0, 0.05) is 19.0 Å². The molecule has 3 atom stereocenters. The largest absolute Gasteiger partial charge is 0.367 e. The Morgan fingerprint density at radius 1 is 1.33 bits per heavy atom. The number of likely N-dealkylation sites (tertiary alicyclic amines) is 1. The molecule has 0 bridgehead atoms. The number of rotatable bonds is 5. The number of hydrogen-bond donors (Lipinski definition) is 1. The second kappa shape index (κ2) is 8.15. The molecule has 6 heteroatoms. The molecular weight excluding hydrogens is 347 g/mol. The van der Waals surface area contributed by atoms with E-state index in [9.17, 15) is 4.79 Å². The van der Waals surface area contributed by atoms with Crippen molar-refractivity contribution < 1.29 is 9.53 Å². The summed E-state index contributed by atoms with van der Waals surface area (Å²) < 4.78 is 5.86. The second-order valence-corrected chi connectivity index (χ2v) is 7.47. The third kappa shape index (κ3) is 4.12. The van der Waals surface area contributed by atoms with Crippen LogP contribution in [0.5, 0.6) is 0 Å². The van der Waals surface area contributed by atoms with E-state index < -0.39 is 6.10 Å². The van der Waals surface area contributed by atoms with E-state index in [-0.39, 0.29) is 17.7 Å². The predicted octanol–water partition coefficient (Wildman–Crippen LogP) is 3.12. The molecule has 2 heterocycles. The van der Waals surface area contributed by atoms with Gasteiger partial charge in [0.2, 0.25) is 0 Å². The van der Waals surface area contributed by atoms with E-state index in [0.717, 1.165) is 31.7 Å². The zero-order valence-electron chi connectivity index (χ0n) is 13.9. The normalized spacial score (nSPS) is 26.5. The number of nitrogens with zero attached hydrogens (tertiary/aromatic N) is 1. The van der Waals surface area contributed by atoms with Crippen LogP contribution in [0.1, 0.15) is 31.2 Å². The quantitative estimate of drug-likeness (QED) is 0.864. The lowest BCUT2D eigenvalue weighted by atomic mass is 9.90. The number of ketones is 1. The first-order chi connectivity index (χ1) is 11.6. The van der Waals surface area contributed by atoms with Crippen LogP contribution in [-0.2, 0) is 9.53 Å². The fourth-order valence-electron chi connectivity index (χ4n) is 3.53. The van der Waals surface area contributed by atoms with Crippen LogP contribution in [0.25, 0.3) is 0 Å². The molecule has 0 spiro atoms. The van der Waals surface area contributed by atoms with Gasteiger partial charge in [0.15, 0.2) is 5.78 Å². The molecule has 132 valence electrons. The van der Waals surface area contributed by atoms with E-state index in [1.807, 2.05) is 13.0 Å². The number of Topliss-reactive ketones (excluding diaryl/α,β-unsaturated/α-hetero) is 1. The minimum absolute atomic E-state index is 0.0505. The van der Waals surface area contributed by atoms with Gasteiger partial charge in [-0.05, 0) is 43.6 Å². The number of carbonyl (C=O) groups is 1. The minimum Gasteiger partial charge on any atom is -0.367 e. The molecule has 2 fully saturated rings. The third-order valence-corrected chi connectivity index (χ3v) is 5.71. The number of ether oxygens (including phenoxy) is 1. The van der Waals surface area contributed by atoms with Crippen molar-refractivity contribution in [3.8, 4) is 0 Å². The smallest absolute Gasteiger partial charge is 0.170 e. The van der Waals surface area contributed by atoms with Crippen molar-refractivity contribution in [3.05, 3.63) is 33.8 Å². The maximum absolute atomic E-state index is 13.0. The highest BCUT2D eigenvalue weighted by Gasteiger charge is 2.36. The summed E-state index contributed by atoms with van der Waals surface area (Å²) in [7, 11) is 0. The first-order valence-corrected chi connectivity index (χ1v) is 9.38. The molecule has 2 saturated heterocycles. The average molecular weight is 371 g/mol. The lowest BCUT2D eigenvalue weighted by Gasteiger charge is -2.35. The van der Waals surface area contributed by atoms with E-state index in [2.05, 4.69) is 10.2 Å². The van der Waals surface area contributed by atoms with Gasteiger partial charge in [0.25, 0.3) is 0 Å². The first kappa shape index (κ1) is 18.2. The SMILES string of the molecule is CC(C(=O)C1OCCNC1CN1CCCC1)c1ccc(Cl)c(Cl)c1. The fraction of sp³-hybridized carbons (Fsp3) is 0.611. The van der Waals surface area contributed by atoms with Gasteiger partial charge < -0.3 is 15.0 Å². The highest BCUT2D eigenvalue weighted by Crippen LogP contribution is 2.28. The average Bonchev–Trinajstić information content (AvgIpc) is 3.09. The molecule has 4 nitrogen and oxygen atoms in total. The lowest BCUT2D eigenvalue weighted by Crippen LogP contribution is -2.57. The second-order valence-electron chi connectivity index (χ2n) is 6.66. The third-order valence-electron chi connectivity index (χ3n) is 4.98. The summed E-state index contributed by atoms with van der Waals surface area (Å²) in [5.41, 5.74) is 0.878. The van der Waals surface area contributed by atoms with Gasteiger partial charge in [0.1, 0.15) is 6.10 Å². The van der Waals surface area contributed by atoms with E-state index in [1.165, 1.54) is 12.8 Å². The van der Waals surface area contributed by atoms with E-state index in [0.29, 0.717) is 16.7 Å². The predicted molar refractivity (Wildman–Crippen MR) is 97.1 cm³/mol. The van der Waals surface area contributed by atoms with Crippen molar-refractivity contribution in [1.29, 1.82) is 0 Å². The molecule has 0 saturated carbocycles. The zero-order valence-corrected chi connectivity index (χ0v) is 15.4. The van der Waals surface area contributed by atoms with Gasteiger partial charge >= 0.3 is 0 Å². The maximum atomic E-state index is 13.0. The van der Waals surface area contributed by atoms with Crippen LogP contribution in [0.3, 0.4) is 0 Å². The van der Waals surface area contributed by atoms with Crippen LogP contribution in [0.2, 0.25) is 10.0 Å². The number of benzene rings is 1. The molecule has 2 aliphatic heterocycles. The maximum Gasteiger partial charge on any atom is 0.170 e. The molecule has 3 unspecified atom stereocenters. The molecule has 1 N–H and O–H groups in total. The van der Waals surface area contributed by atoms with Gasteiger partial charge in [-0.1, -0.05) is 36.2 Å². The monoisotopic (exact) mass is 370 g/mol. The Morgan fingerprint density at radius 2 is 2.08 bits per heavy atom. The van der Waals surface area contributed by atoms with Gasteiger partial charge in [-0.2, -0.15) is 0 Å². The van der Waals surface area contributed by atoms with Crippen molar-refractivity contribution in [2.45, 2.75) is 37.8 Å². The Labute approximate surface area is 153 Å². The highest BCUT2D eigenvalue weighted by molar-refractivity contribution is 6.42. The van der Waals surface area contributed by atoms with Crippen LogP contribution in [0.15, 0.2) is 18.2 Å². The summed E-state index contributed by atoms with van der Waals surface area (Å²) >= 11 is 12.1. The summed E-state index contributed by atoms with van der Waals surface area (Å²) in [6.45, 7) is 6.37. The number of halogens is 2. The van der Waals surface area contributed by atoms with Crippen LogP contribution in [0.4, 0.5) is 0 Å². The molecule has 0 aromatic heterocycles. The number of nitrogens with one attached hydrogen (secondary N) is 1. The molecule has 0 aliphatic carbocycles.